The highest BCUT2D eigenvalue weighted by molar-refractivity contribution is 6.25. The van der Waals surface area contributed by atoms with Gasteiger partial charge in [-0.2, -0.15) is 5.10 Å². The van der Waals surface area contributed by atoms with E-state index in [1.165, 1.54) is 18.5 Å². The van der Waals surface area contributed by atoms with Gasteiger partial charge in [0.05, 0.1) is 18.4 Å². The first-order valence-corrected chi connectivity index (χ1v) is 9.09. The molecular weight excluding hydrogens is 385 g/mol. The molecule has 1 amide bonds. The second-order valence-corrected chi connectivity index (χ2v) is 6.67. The molecule has 0 radical (unpaired) electrons. The van der Waals surface area contributed by atoms with Crippen molar-refractivity contribution in [3.8, 4) is 11.3 Å². The molecule has 0 unspecified atom stereocenters. The van der Waals surface area contributed by atoms with E-state index in [0.29, 0.717) is 23.5 Å². The summed E-state index contributed by atoms with van der Waals surface area (Å²) in [4.78, 5) is 12.8. The fourth-order valence-corrected chi connectivity index (χ4v) is 3.07. The average molecular weight is 403 g/mol. The highest BCUT2D eigenvalue weighted by Crippen LogP contribution is 2.28. The highest BCUT2D eigenvalue weighted by Gasteiger charge is 2.18. The Bertz CT molecular complexity index is 1180. The largest absolute Gasteiger partial charge is 0.322 e. The van der Waals surface area contributed by atoms with Crippen molar-refractivity contribution in [2.45, 2.75) is 6.54 Å². The van der Waals surface area contributed by atoms with Crippen molar-refractivity contribution in [3.05, 3.63) is 84.6 Å². The van der Waals surface area contributed by atoms with Gasteiger partial charge >= 0.3 is 0 Å². The number of carbonyl (C=O) groups is 1. The quantitative estimate of drug-likeness (QED) is 0.500. The van der Waals surface area contributed by atoms with E-state index in [4.69, 9.17) is 0 Å². The monoisotopic (exact) mass is 403 g/mol. The van der Waals surface area contributed by atoms with Gasteiger partial charge in [-0.3, -0.25) is 9.48 Å². The molecule has 0 saturated carbocycles. The third-order valence-corrected chi connectivity index (χ3v) is 4.60. The van der Waals surface area contributed by atoms with Crippen LogP contribution in [0.3, 0.4) is 0 Å². The summed E-state index contributed by atoms with van der Waals surface area (Å²) < 4.78 is 16.5. The number of hydrogen-bond acceptors (Lipinski definition) is 5. The Morgan fingerprint density at radius 3 is 2.53 bits per heavy atom. The summed E-state index contributed by atoms with van der Waals surface area (Å²) in [6.07, 6.45) is 3.11. The molecular formula is C21H18FN7O. The summed E-state index contributed by atoms with van der Waals surface area (Å²) in [6.45, 7) is 4.47. The third kappa shape index (κ3) is 4.00. The molecule has 0 aliphatic rings. The summed E-state index contributed by atoms with van der Waals surface area (Å²) in [5.41, 5.74) is 3.90. The van der Waals surface area contributed by atoms with E-state index in [2.05, 4.69) is 32.5 Å². The molecule has 2 heterocycles. The maximum Gasteiger partial charge on any atom is 0.255 e. The minimum atomic E-state index is -0.348. The maximum absolute atomic E-state index is 13.3. The number of hydrogen-bond donors (Lipinski definition) is 1. The first kappa shape index (κ1) is 19.2. The number of carbonyl (C=O) groups excluding carboxylic acids is 1. The van der Waals surface area contributed by atoms with Crippen LogP contribution in [0.2, 0.25) is 0 Å². The molecule has 0 bridgehead atoms. The van der Waals surface area contributed by atoms with Gasteiger partial charge in [0, 0.05) is 29.4 Å². The summed E-state index contributed by atoms with van der Waals surface area (Å²) in [5, 5.41) is 18.1. The number of nitrogens with one attached hydrogen (secondary N) is 1. The Balaban J connectivity index is 1.49. The smallest absolute Gasteiger partial charge is 0.255 e. The van der Waals surface area contributed by atoms with Crippen LogP contribution in [0.1, 0.15) is 11.1 Å². The minimum absolute atomic E-state index is 0.264. The van der Waals surface area contributed by atoms with E-state index in [9.17, 15) is 9.18 Å². The fourth-order valence-electron chi connectivity index (χ4n) is 3.07. The second-order valence-electron chi connectivity index (χ2n) is 6.67. The number of benzene rings is 2. The van der Waals surface area contributed by atoms with Crippen molar-refractivity contribution >= 4 is 17.2 Å². The van der Waals surface area contributed by atoms with E-state index >= 15 is 0 Å². The molecule has 2 aromatic heterocycles. The Labute approximate surface area is 171 Å². The number of rotatable bonds is 6. The predicted octanol–water partition coefficient (Wildman–Crippen LogP) is 2.91. The van der Waals surface area contributed by atoms with Crippen LogP contribution >= 0.6 is 0 Å². The lowest BCUT2D eigenvalue weighted by molar-refractivity contribution is -0.111. The van der Waals surface area contributed by atoms with Gasteiger partial charge in [-0.1, -0.05) is 18.7 Å². The molecule has 0 spiro atoms. The zero-order chi connectivity index (χ0) is 21.1. The Morgan fingerprint density at radius 2 is 1.87 bits per heavy atom. The van der Waals surface area contributed by atoms with E-state index in [1.54, 1.807) is 46.9 Å². The zero-order valence-corrected chi connectivity index (χ0v) is 16.2. The number of tetrazole rings is 1. The molecule has 4 rings (SSSR count). The molecule has 0 fully saturated rings. The lowest BCUT2D eigenvalue weighted by Crippen LogP contribution is -2.13. The number of amides is 1. The van der Waals surface area contributed by atoms with Gasteiger partial charge in [-0.05, 0) is 52.4 Å². The average Bonchev–Trinajstić information content (AvgIpc) is 3.39. The summed E-state index contributed by atoms with van der Waals surface area (Å²) in [5.74, 6) is -0.679. The van der Waals surface area contributed by atoms with Crippen LogP contribution in [-0.2, 0) is 18.4 Å². The molecule has 0 saturated heterocycles. The van der Waals surface area contributed by atoms with Crippen molar-refractivity contribution in [1.29, 1.82) is 0 Å². The Hall–Kier alpha value is -4.14. The molecule has 2 aromatic carbocycles. The second kappa shape index (κ2) is 8.08. The van der Waals surface area contributed by atoms with E-state index in [1.807, 2.05) is 12.1 Å². The van der Waals surface area contributed by atoms with Crippen LogP contribution in [0.25, 0.3) is 16.8 Å². The summed E-state index contributed by atoms with van der Waals surface area (Å²) in [6, 6.07) is 13.4. The van der Waals surface area contributed by atoms with Crippen LogP contribution in [0.15, 0.2) is 67.6 Å². The van der Waals surface area contributed by atoms with Crippen molar-refractivity contribution < 1.29 is 9.18 Å². The lowest BCUT2D eigenvalue weighted by atomic mass is 10.0. The van der Waals surface area contributed by atoms with E-state index < -0.39 is 0 Å². The van der Waals surface area contributed by atoms with Gasteiger partial charge < -0.3 is 5.32 Å². The number of halogens is 1. The fraction of sp³-hybridized carbons (Fsp3) is 0.0952. The molecule has 1 N–H and O–H groups in total. The molecule has 0 aliphatic heterocycles. The standard InChI is InChI=1S/C21H18FN7O/c1-14(19-11-24-28(2)20(19)16-5-7-17(22)8-6-16)21(30)25-18-9-3-15(4-10-18)12-29-13-23-26-27-29/h3-11,13H,1,12H2,2H3,(H,25,30). The number of nitrogens with zero attached hydrogens (tertiary/aromatic N) is 6. The number of anilines is 1. The summed E-state index contributed by atoms with van der Waals surface area (Å²) in [7, 11) is 1.76. The first-order chi connectivity index (χ1) is 14.5. The van der Waals surface area contributed by atoms with Crippen molar-refractivity contribution in [2.75, 3.05) is 5.32 Å². The maximum atomic E-state index is 13.3. The van der Waals surface area contributed by atoms with Gasteiger partial charge in [0.25, 0.3) is 5.91 Å². The molecule has 0 atom stereocenters. The van der Waals surface area contributed by atoms with Gasteiger partial charge in [0.2, 0.25) is 0 Å². The summed E-state index contributed by atoms with van der Waals surface area (Å²) >= 11 is 0. The molecule has 150 valence electrons. The van der Waals surface area contributed by atoms with Gasteiger partial charge in [-0.15, -0.1) is 5.10 Å². The van der Waals surface area contributed by atoms with E-state index in [-0.39, 0.29) is 17.3 Å². The van der Waals surface area contributed by atoms with Crippen LogP contribution in [-0.4, -0.2) is 35.9 Å². The topological polar surface area (TPSA) is 90.5 Å². The Kier molecular flexibility index (Phi) is 5.17. The van der Waals surface area contributed by atoms with Crippen LogP contribution in [0, 0.1) is 5.82 Å². The molecule has 8 nitrogen and oxygen atoms in total. The number of aromatic nitrogens is 6. The third-order valence-electron chi connectivity index (χ3n) is 4.60. The Morgan fingerprint density at radius 1 is 1.13 bits per heavy atom. The molecule has 4 aromatic rings. The predicted molar refractivity (Wildman–Crippen MR) is 110 cm³/mol. The van der Waals surface area contributed by atoms with Crippen LogP contribution < -0.4 is 5.32 Å². The first-order valence-electron chi connectivity index (χ1n) is 9.09. The molecule has 0 aliphatic carbocycles. The molecule has 9 heteroatoms. The lowest BCUT2D eigenvalue weighted by Gasteiger charge is -2.10. The van der Waals surface area contributed by atoms with Gasteiger partial charge in [0.15, 0.2) is 0 Å². The van der Waals surface area contributed by atoms with Crippen molar-refractivity contribution in [1.82, 2.24) is 30.0 Å². The molecule has 30 heavy (non-hydrogen) atoms. The van der Waals surface area contributed by atoms with Gasteiger partial charge in [0.1, 0.15) is 12.1 Å². The minimum Gasteiger partial charge on any atom is -0.322 e. The number of aryl methyl sites for hydroxylation is 1. The van der Waals surface area contributed by atoms with Gasteiger partial charge in [-0.25, -0.2) is 9.07 Å². The SMILES string of the molecule is C=C(C(=O)Nc1ccc(Cn2cnnn2)cc1)c1cnn(C)c1-c1ccc(F)cc1. The highest BCUT2D eigenvalue weighted by atomic mass is 19.1. The van der Waals surface area contributed by atoms with Crippen LogP contribution in [0.5, 0.6) is 0 Å². The van der Waals surface area contributed by atoms with Crippen molar-refractivity contribution in [3.63, 3.8) is 0 Å². The normalized spacial score (nSPS) is 10.7. The zero-order valence-electron chi connectivity index (χ0n) is 16.2. The van der Waals surface area contributed by atoms with E-state index in [0.717, 1.165) is 11.1 Å². The van der Waals surface area contributed by atoms with Crippen molar-refractivity contribution in [2.24, 2.45) is 7.05 Å². The van der Waals surface area contributed by atoms with Crippen LogP contribution in [0.4, 0.5) is 10.1 Å².